The number of phenolic OH excluding ortho intramolecular Hbond substituents is 2. The molecule has 0 aliphatic heterocycles. The molecule has 10 nitrogen and oxygen atoms in total. The zero-order valence-corrected chi connectivity index (χ0v) is 18.6. The molecule has 5 N–H and O–H groups in total. The fourth-order valence-electron chi connectivity index (χ4n) is 2.80. The number of esters is 1. The summed E-state index contributed by atoms with van der Waals surface area (Å²) >= 11 is 0. The molecule has 0 saturated carbocycles. The predicted molar refractivity (Wildman–Crippen MR) is 123 cm³/mol. The van der Waals surface area contributed by atoms with Crippen molar-refractivity contribution in [1.82, 2.24) is 0 Å². The Labute approximate surface area is 201 Å². The predicted octanol–water partition coefficient (Wildman–Crippen LogP) is 2.22. The molecule has 0 fully saturated rings. The molecule has 0 radical (unpaired) electrons. The lowest BCUT2D eigenvalue weighted by molar-refractivity contribution is 0.0129. The van der Waals surface area contributed by atoms with Crippen molar-refractivity contribution in [3.05, 3.63) is 72.3 Å². The average molecular weight is 486 g/mol. The topological polar surface area (TPSA) is 155 Å². The van der Waals surface area contributed by atoms with E-state index in [1.54, 1.807) is 48.5 Å². The van der Waals surface area contributed by atoms with Crippen molar-refractivity contribution >= 4 is 5.97 Å². The van der Waals surface area contributed by atoms with E-state index in [2.05, 4.69) is 0 Å². The summed E-state index contributed by atoms with van der Waals surface area (Å²) in [5.41, 5.74) is -0.0473. The van der Waals surface area contributed by atoms with Crippen LogP contribution < -0.4 is 14.2 Å². The second-order valence-corrected chi connectivity index (χ2v) is 7.49. The minimum atomic E-state index is -1.10. The zero-order valence-electron chi connectivity index (χ0n) is 18.6. The smallest absolute Gasteiger partial charge is 0.338 e. The summed E-state index contributed by atoms with van der Waals surface area (Å²) in [6, 6.07) is 16.8. The van der Waals surface area contributed by atoms with Gasteiger partial charge in [-0.25, -0.2) is 4.79 Å². The molecule has 3 aromatic carbocycles. The van der Waals surface area contributed by atoms with Crippen LogP contribution >= 0.6 is 0 Å². The minimum Gasteiger partial charge on any atom is -0.508 e. The maximum absolute atomic E-state index is 12.0. The second-order valence-electron chi connectivity index (χ2n) is 7.49. The Morgan fingerprint density at radius 2 is 1.14 bits per heavy atom. The maximum atomic E-state index is 12.0. The first-order chi connectivity index (χ1) is 16.8. The Kier molecular flexibility index (Phi) is 9.13. The van der Waals surface area contributed by atoms with Gasteiger partial charge in [0.25, 0.3) is 0 Å². The number of hydrogen-bond donors (Lipinski definition) is 5. The van der Waals surface area contributed by atoms with E-state index in [4.69, 9.17) is 24.1 Å². The molecule has 0 bridgehead atoms. The number of phenols is 2. The van der Waals surface area contributed by atoms with Crippen LogP contribution in [0.3, 0.4) is 0 Å². The van der Waals surface area contributed by atoms with E-state index in [1.165, 1.54) is 0 Å². The van der Waals surface area contributed by atoms with Gasteiger partial charge in [-0.05, 0) is 60.7 Å². The van der Waals surface area contributed by atoms with Gasteiger partial charge in [0.15, 0.2) is 0 Å². The molecule has 0 aromatic heterocycles. The average Bonchev–Trinajstić information content (AvgIpc) is 2.85. The molecule has 0 heterocycles. The van der Waals surface area contributed by atoms with Gasteiger partial charge in [0.2, 0.25) is 0 Å². The van der Waals surface area contributed by atoms with E-state index < -0.39 is 18.2 Å². The summed E-state index contributed by atoms with van der Waals surface area (Å²) in [6.07, 6.45) is -2.04. The number of carbonyl (C=O) groups excluding carboxylic acids is 1. The van der Waals surface area contributed by atoms with Crippen LogP contribution in [0.15, 0.2) is 66.7 Å². The van der Waals surface area contributed by atoms with Crippen molar-refractivity contribution in [2.24, 2.45) is 0 Å². The van der Waals surface area contributed by atoms with Crippen molar-refractivity contribution in [1.29, 1.82) is 0 Å². The molecule has 0 aliphatic rings. The molecule has 0 aliphatic carbocycles. The summed E-state index contributed by atoms with van der Waals surface area (Å²) in [5.74, 6) is 0.726. The highest BCUT2D eigenvalue weighted by Gasteiger charge is 2.14. The highest BCUT2D eigenvalue weighted by molar-refractivity contribution is 5.90. The van der Waals surface area contributed by atoms with Crippen molar-refractivity contribution in [2.75, 3.05) is 26.4 Å². The summed E-state index contributed by atoms with van der Waals surface area (Å²) in [7, 11) is 0. The first-order valence-electron chi connectivity index (χ1n) is 10.6. The highest BCUT2D eigenvalue weighted by atomic mass is 16.5. The Balaban J connectivity index is 1.41. The Hall–Kier alpha value is -3.99. The fraction of sp³-hybridized carbons (Fsp3) is 0.240. The van der Waals surface area contributed by atoms with E-state index in [9.17, 15) is 25.2 Å². The van der Waals surface area contributed by atoms with Crippen LogP contribution in [-0.2, 0) is 4.74 Å². The number of aliphatic hydroxyl groups is 3. The van der Waals surface area contributed by atoms with Crippen molar-refractivity contribution in [3.63, 3.8) is 0 Å². The molecular weight excluding hydrogens is 460 g/mol. The van der Waals surface area contributed by atoms with Crippen LogP contribution in [0.2, 0.25) is 0 Å². The van der Waals surface area contributed by atoms with Gasteiger partial charge in [-0.2, -0.15) is 0 Å². The molecule has 10 heteroatoms. The number of hydrogen-bond acceptors (Lipinski definition) is 10. The standard InChI is InChI=1S/C25H26O10/c26-12-19(29)13-32-21-1-5-23(6-2-21)35-24-7-3-22(4-8-24)33-14-20(30)15-34-25(31)16-9-17(27)11-18(28)10-16/h1-11,19-20,26-30H,12-15H2. The third kappa shape index (κ3) is 8.38. The van der Waals surface area contributed by atoms with Gasteiger partial charge in [-0.3, -0.25) is 0 Å². The molecule has 3 aromatic rings. The fourth-order valence-corrected chi connectivity index (χ4v) is 2.80. The Morgan fingerprint density at radius 3 is 1.63 bits per heavy atom. The molecule has 186 valence electrons. The summed E-state index contributed by atoms with van der Waals surface area (Å²) in [5, 5.41) is 47.0. The molecule has 2 unspecified atom stereocenters. The Bertz CT molecular complexity index is 1060. The number of aromatic hydroxyl groups is 2. The van der Waals surface area contributed by atoms with Crippen molar-refractivity contribution in [2.45, 2.75) is 12.2 Å². The molecule has 35 heavy (non-hydrogen) atoms. The van der Waals surface area contributed by atoms with Crippen LogP contribution in [0, 0.1) is 0 Å². The van der Waals surface area contributed by atoms with Crippen molar-refractivity contribution in [3.8, 4) is 34.5 Å². The van der Waals surface area contributed by atoms with Crippen LogP contribution in [0.1, 0.15) is 10.4 Å². The number of ether oxygens (including phenoxy) is 4. The third-order valence-corrected chi connectivity index (χ3v) is 4.52. The lowest BCUT2D eigenvalue weighted by atomic mass is 10.2. The number of carbonyl (C=O) groups is 1. The highest BCUT2D eigenvalue weighted by Crippen LogP contribution is 2.26. The van der Waals surface area contributed by atoms with Gasteiger partial charge in [-0.15, -0.1) is 0 Å². The van der Waals surface area contributed by atoms with E-state index >= 15 is 0 Å². The van der Waals surface area contributed by atoms with Crippen LogP contribution in [0.4, 0.5) is 0 Å². The monoisotopic (exact) mass is 486 g/mol. The normalized spacial score (nSPS) is 12.4. The molecule has 0 saturated heterocycles. The summed E-state index contributed by atoms with van der Waals surface area (Å²) < 4.78 is 21.5. The summed E-state index contributed by atoms with van der Waals surface area (Å²) in [6.45, 7) is -0.864. The zero-order chi connectivity index (χ0) is 25.2. The van der Waals surface area contributed by atoms with E-state index in [-0.39, 0.29) is 43.5 Å². The molecule has 0 spiro atoms. The number of aliphatic hydroxyl groups excluding tert-OH is 3. The van der Waals surface area contributed by atoms with Gasteiger partial charge >= 0.3 is 5.97 Å². The van der Waals surface area contributed by atoms with Crippen LogP contribution in [-0.4, -0.2) is 70.1 Å². The van der Waals surface area contributed by atoms with E-state index in [0.717, 1.165) is 18.2 Å². The molecule has 2 atom stereocenters. The quantitative estimate of drug-likeness (QED) is 0.241. The molecule has 0 amide bonds. The van der Waals surface area contributed by atoms with E-state index in [0.29, 0.717) is 23.0 Å². The first kappa shape index (κ1) is 25.6. The first-order valence-corrected chi connectivity index (χ1v) is 10.6. The van der Waals surface area contributed by atoms with Gasteiger partial charge in [0.1, 0.15) is 66.5 Å². The number of rotatable bonds is 12. The minimum absolute atomic E-state index is 0.0164. The Morgan fingerprint density at radius 1 is 0.686 bits per heavy atom. The van der Waals surface area contributed by atoms with Crippen molar-refractivity contribution < 1.29 is 49.3 Å². The van der Waals surface area contributed by atoms with Gasteiger partial charge in [0.05, 0.1) is 12.2 Å². The van der Waals surface area contributed by atoms with Gasteiger partial charge in [0, 0.05) is 6.07 Å². The lowest BCUT2D eigenvalue weighted by Gasteiger charge is -2.14. The number of benzene rings is 3. The lowest BCUT2D eigenvalue weighted by Crippen LogP contribution is -2.25. The second kappa shape index (κ2) is 12.5. The van der Waals surface area contributed by atoms with E-state index in [1.807, 2.05) is 0 Å². The largest absolute Gasteiger partial charge is 0.508 e. The maximum Gasteiger partial charge on any atom is 0.338 e. The van der Waals surface area contributed by atoms with Crippen LogP contribution in [0.5, 0.6) is 34.5 Å². The van der Waals surface area contributed by atoms with Gasteiger partial charge < -0.3 is 44.5 Å². The van der Waals surface area contributed by atoms with Crippen LogP contribution in [0.25, 0.3) is 0 Å². The third-order valence-electron chi connectivity index (χ3n) is 4.52. The van der Waals surface area contributed by atoms with Gasteiger partial charge in [-0.1, -0.05) is 0 Å². The molecular formula is C25H26O10. The molecule has 3 rings (SSSR count). The summed E-state index contributed by atoms with van der Waals surface area (Å²) in [4.78, 5) is 12.0. The SMILES string of the molecule is O=C(OCC(O)COc1ccc(Oc2ccc(OCC(O)CO)cc2)cc1)c1cc(O)cc(O)c1.